The first-order chi connectivity index (χ1) is 13.2. The number of nitrogens with one attached hydrogen (secondary N) is 1. The molecule has 7 heteroatoms. The van der Waals surface area contributed by atoms with Gasteiger partial charge in [-0.15, -0.1) is 0 Å². The summed E-state index contributed by atoms with van der Waals surface area (Å²) in [5, 5.41) is 2.93. The number of hydrogen-bond donors (Lipinski definition) is 1. The number of halogens is 1. The summed E-state index contributed by atoms with van der Waals surface area (Å²) in [6.07, 6.45) is 1.63. The Labute approximate surface area is 167 Å². The molecule has 1 aromatic carbocycles. The van der Waals surface area contributed by atoms with Gasteiger partial charge in [-0.05, 0) is 57.9 Å². The van der Waals surface area contributed by atoms with E-state index in [1.807, 2.05) is 20.8 Å². The maximum atomic E-state index is 12.9. The van der Waals surface area contributed by atoms with Crippen molar-refractivity contribution in [2.75, 3.05) is 39.3 Å². The molecule has 0 aliphatic carbocycles. The minimum Gasteiger partial charge on any atom is -0.444 e. The van der Waals surface area contributed by atoms with Crippen LogP contribution in [-0.4, -0.2) is 66.7 Å². The van der Waals surface area contributed by atoms with Crippen LogP contribution in [0.1, 0.15) is 39.2 Å². The molecule has 0 unspecified atom stereocenters. The Kier molecular flexibility index (Phi) is 8.23. The Morgan fingerprint density at radius 3 is 2.36 bits per heavy atom. The van der Waals surface area contributed by atoms with Crippen molar-refractivity contribution in [2.45, 2.75) is 45.6 Å². The first kappa shape index (κ1) is 22.1. The van der Waals surface area contributed by atoms with Gasteiger partial charge in [0.1, 0.15) is 11.4 Å². The van der Waals surface area contributed by atoms with Crippen LogP contribution in [0.3, 0.4) is 0 Å². The van der Waals surface area contributed by atoms with E-state index in [1.54, 1.807) is 17.0 Å². The van der Waals surface area contributed by atoms with Crippen molar-refractivity contribution in [3.8, 4) is 0 Å². The molecule has 28 heavy (non-hydrogen) atoms. The van der Waals surface area contributed by atoms with E-state index in [9.17, 15) is 14.0 Å². The average molecular weight is 394 g/mol. The number of benzene rings is 1. The molecular weight excluding hydrogens is 361 g/mol. The Hall–Kier alpha value is -2.15. The molecule has 2 rings (SSSR count). The zero-order chi connectivity index (χ0) is 20.6. The quantitative estimate of drug-likeness (QED) is 0.724. The molecule has 1 aliphatic rings. The van der Waals surface area contributed by atoms with Crippen LogP contribution in [0.2, 0.25) is 0 Å². The Morgan fingerprint density at radius 1 is 1.11 bits per heavy atom. The van der Waals surface area contributed by atoms with Crippen molar-refractivity contribution in [3.63, 3.8) is 0 Å². The fourth-order valence-corrected chi connectivity index (χ4v) is 3.01. The number of rotatable bonds is 7. The second-order valence-electron chi connectivity index (χ2n) is 8.14. The number of carbonyl (C=O) groups excluding carboxylic acids is 2. The van der Waals surface area contributed by atoms with Crippen LogP contribution >= 0.6 is 0 Å². The molecule has 0 aromatic heterocycles. The first-order valence-electron chi connectivity index (χ1n) is 9.94. The lowest BCUT2D eigenvalue weighted by molar-refractivity contribution is -0.121. The Balaban J connectivity index is 1.55. The van der Waals surface area contributed by atoms with Gasteiger partial charge in [-0.1, -0.05) is 12.1 Å². The van der Waals surface area contributed by atoms with Crippen LogP contribution in [0.15, 0.2) is 24.3 Å². The summed E-state index contributed by atoms with van der Waals surface area (Å²) in [7, 11) is 0. The lowest BCUT2D eigenvalue weighted by Gasteiger charge is -2.35. The SMILES string of the molecule is CC(C)(C)OC(=O)N1CCN(CCCNC(=O)CCc2ccc(F)cc2)CC1. The van der Waals surface area contributed by atoms with E-state index in [0.29, 0.717) is 32.5 Å². The molecule has 1 saturated heterocycles. The molecule has 1 heterocycles. The number of ether oxygens (including phenoxy) is 1. The highest BCUT2D eigenvalue weighted by Crippen LogP contribution is 2.12. The van der Waals surface area contributed by atoms with Crippen LogP contribution in [0.25, 0.3) is 0 Å². The molecule has 0 bridgehead atoms. The molecule has 156 valence electrons. The van der Waals surface area contributed by atoms with E-state index >= 15 is 0 Å². The van der Waals surface area contributed by atoms with Gasteiger partial charge >= 0.3 is 6.09 Å². The highest BCUT2D eigenvalue weighted by molar-refractivity contribution is 5.76. The highest BCUT2D eigenvalue weighted by Gasteiger charge is 2.25. The predicted octanol–water partition coefficient (Wildman–Crippen LogP) is 2.82. The van der Waals surface area contributed by atoms with E-state index in [-0.39, 0.29) is 17.8 Å². The molecule has 1 fully saturated rings. The lowest BCUT2D eigenvalue weighted by atomic mass is 10.1. The molecule has 2 amide bonds. The third-order valence-corrected chi connectivity index (χ3v) is 4.55. The fourth-order valence-electron chi connectivity index (χ4n) is 3.01. The standard InChI is InChI=1S/C21H32FN3O3/c1-21(2,3)28-20(27)25-15-13-24(14-16-25)12-4-11-23-19(26)10-7-17-5-8-18(22)9-6-17/h5-6,8-9H,4,7,10-16H2,1-3H3,(H,23,26). The highest BCUT2D eigenvalue weighted by atomic mass is 19.1. The van der Waals surface area contributed by atoms with E-state index in [2.05, 4.69) is 10.2 Å². The molecule has 1 aromatic rings. The van der Waals surface area contributed by atoms with E-state index < -0.39 is 5.60 Å². The summed E-state index contributed by atoms with van der Waals surface area (Å²) in [6, 6.07) is 6.24. The summed E-state index contributed by atoms with van der Waals surface area (Å²) >= 11 is 0. The molecule has 0 saturated carbocycles. The maximum absolute atomic E-state index is 12.9. The number of amides is 2. The van der Waals surface area contributed by atoms with Crippen molar-refractivity contribution >= 4 is 12.0 Å². The summed E-state index contributed by atoms with van der Waals surface area (Å²) < 4.78 is 18.3. The monoisotopic (exact) mass is 393 g/mol. The topological polar surface area (TPSA) is 61.9 Å². The first-order valence-corrected chi connectivity index (χ1v) is 9.94. The molecular formula is C21H32FN3O3. The van der Waals surface area contributed by atoms with Crippen molar-refractivity contribution < 1.29 is 18.7 Å². The molecule has 0 atom stereocenters. The van der Waals surface area contributed by atoms with Crippen LogP contribution in [0.4, 0.5) is 9.18 Å². The fraction of sp³-hybridized carbons (Fsp3) is 0.619. The number of carbonyl (C=O) groups is 2. The Bertz CT molecular complexity index is 635. The summed E-state index contributed by atoms with van der Waals surface area (Å²) in [6.45, 7) is 10.1. The summed E-state index contributed by atoms with van der Waals surface area (Å²) in [4.78, 5) is 28.0. The zero-order valence-electron chi connectivity index (χ0n) is 17.2. The maximum Gasteiger partial charge on any atom is 0.410 e. The average Bonchev–Trinajstić information content (AvgIpc) is 2.64. The second-order valence-corrected chi connectivity index (χ2v) is 8.14. The van der Waals surface area contributed by atoms with Gasteiger partial charge in [0, 0.05) is 39.1 Å². The van der Waals surface area contributed by atoms with Crippen molar-refractivity contribution in [2.24, 2.45) is 0 Å². The number of hydrogen-bond acceptors (Lipinski definition) is 4. The third-order valence-electron chi connectivity index (χ3n) is 4.55. The second kappa shape index (κ2) is 10.4. The molecule has 1 aliphatic heterocycles. The van der Waals surface area contributed by atoms with Gasteiger partial charge in [-0.2, -0.15) is 0 Å². The number of nitrogens with zero attached hydrogens (tertiary/aromatic N) is 2. The largest absolute Gasteiger partial charge is 0.444 e. The minimum absolute atomic E-state index is 0.0130. The number of piperazine rings is 1. The van der Waals surface area contributed by atoms with Crippen LogP contribution in [0.5, 0.6) is 0 Å². The van der Waals surface area contributed by atoms with Gasteiger partial charge in [0.05, 0.1) is 0 Å². The van der Waals surface area contributed by atoms with Crippen molar-refractivity contribution in [1.29, 1.82) is 0 Å². The smallest absolute Gasteiger partial charge is 0.410 e. The van der Waals surface area contributed by atoms with Gasteiger partial charge in [0.15, 0.2) is 0 Å². The van der Waals surface area contributed by atoms with Crippen molar-refractivity contribution in [3.05, 3.63) is 35.6 Å². The van der Waals surface area contributed by atoms with Gasteiger partial charge in [-0.25, -0.2) is 9.18 Å². The van der Waals surface area contributed by atoms with Gasteiger partial charge in [0.2, 0.25) is 5.91 Å². The van der Waals surface area contributed by atoms with Crippen molar-refractivity contribution in [1.82, 2.24) is 15.1 Å². The summed E-state index contributed by atoms with van der Waals surface area (Å²) in [5.74, 6) is -0.251. The number of aryl methyl sites for hydroxylation is 1. The minimum atomic E-state index is -0.469. The predicted molar refractivity (Wildman–Crippen MR) is 107 cm³/mol. The van der Waals surface area contributed by atoms with Gasteiger partial charge in [0.25, 0.3) is 0 Å². The third kappa shape index (κ3) is 8.25. The summed E-state index contributed by atoms with van der Waals surface area (Å²) in [5.41, 5.74) is 0.489. The van der Waals surface area contributed by atoms with Crippen LogP contribution in [-0.2, 0) is 16.0 Å². The molecule has 1 N–H and O–H groups in total. The van der Waals surface area contributed by atoms with E-state index in [4.69, 9.17) is 4.74 Å². The molecule has 0 spiro atoms. The molecule has 0 radical (unpaired) electrons. The van der Waals surface area contributed by atoms with Gasteiger partial charge in [-0.3, -0.25) is 9.69 Å². The van der Waals surface area contributed by atoms with Gasteiger partial charge < -0.3 is 15.0 Å². The van der Waals surface area contributed by atoms with Crippen LogP contribution in [0, 0.1) is 5.82 Å². The van der Waals surface area contributed by atoms with Crippen LogP contribution < -0.4 is 5.32 Å². The Morgan fingerprint density at radius 2 is 1.75 bits per heavy atom. The normalized spacial score (nSPS) is 15.4. The van der Waals surface area contributed by atoms with E-state index in [0.717, 1.165) is 31.6 Å². The molecule has 6 nitrogen and oxygen atoms in total. The zero-order valence-corrected chi connectivity index (χ0v) is 17.2. The van der Waals surface area contributed by atoms with E-state index in [1.165, 1.54) is 12.1 Å². The lowest BCUT2D eigenvalue weighted by Crippen LogP contribution is -2.50.